The normalized spacial score (nSPS) is 13.5. The molecule has 1 aliphatic carbocycles. The average molecular weight is 946 g/mol. The summed E-state index contributed by atoms with van der Waals surface area (Å²) in [5, 5.41) is 4.84. The minimum Gasteiger partial charge on any atom is -0.309 e. The molecule has 10 aromatic carbocycles. The van der Waals surface area contributed by atoms with Gasteiger partial charge in [0.05, 0.1) is 27.8 Å². The summed E-state index contributed by atoms with van der Waals surface area (Å²) < 4.78 is 4.93. The number of nitrogens with zero attached hydrogens (tertiary/aromatic N) is 5. The molecule has 0 saturated carbocycles. The second-order valence-electron chi connectivity index (χ2n) is 19.1. The zero-order valence-corrected chi connectivity index (χ0v) is 40.4. The lowest BCUT2D eigenvalue weighted by Crippen LogP contribution is -2.06. The third-order valence-corrected chi connectivity index (χ3v) is 14.7. The van der Waals surface area contributed by atoms with E-state index in [1.54, 1.807) is 0 Å². The second kappa shape index (κ2) is 18.2. The molecule has 0 aliphatic heterocycles. The number of para-hydroxylation sites is 3. The molecule has 1 unspecified atom stereocenters. The highest BCUT2D eigenvalue weighted by molar-refractivity contribution is 6.13. The van der Waals surface area contributed by atoms with Crippen molar-refractivity contribution in [3.05, 3.63) is 278 Å². The van der Waals surface area contributed by atoms with Crippen molar-refractivity contribution in [2.45, 2.75) is 12.3 Å². The van der Waals surface area contributed by atoms with Crippen molar-refractivity contribution in [2.24, 2.45) is 0 Å². The number of allylic oxidation sites excluding steroid dienone is 4. The maximum atomic E-state index is 5.33. The average Bonchev–Trinajstić information content (AvgIpc) is 4.00. The van der Waals surface area contributed by atoms with Crippen molar-refractivity contribution < 1.29 is 0 Å². The largest absolute Gasteiger partial charge is 0.309 e. The van der Waals surface area contributed by atoms with E-state index in [2.05, 4.69) is 240 Å². The molecule has 5 heteroatoms. The Morgan fingerprint density at radius 2 is 0.784 bits per heavy atom. The molecule has 0 fully saturated rings. The summed E-state index contributed by atoms with van der Waals surface area (Å²) in [7, 11) is 0. The van der Waals surface area contributed by atoms with Crippen LogP contribution in [0.4, 0.5) is 0 Å². The minimum atomic E-state index is 0.259. The van der Waals surface area contributed by atoms with Gasteiger partial charge in [0.1, 0.15) is 0 Å². The highest BCUT2D eigenvalue weighted by Gasteiger charge is 2.25. The molecule has 14 rings (SSSR count). The van der Waals surface area contributed by atoms with Crippen LogP contribution in [-0.4, -0.2) is 24.1 Å². The first kappa shape index (κ1) is 43.1. The molecule has 74 heavy (non-hydrogen) atoms. The van der Waals surface area contributed by atoms with Crippen molar-refractivity contribution in [1.29, 1.82) is 0 Å². The van der Waals surface area contributed by atoms with Gasteiger partial charge in [0.25, 0.3) is 0 Å². The predicted molar refractivity (Wildman–Crippen MR) is 307 cm³/mol. The van der Waals surface area contributed by atoms with Crippen molar-refractivity contribution in [3.63, 3.8) is 0 Å². The molecule has 0 radical (unpaired) electrons. The van der Waals surface area contributed by atoms with Crippen LogP contribution in [0.25, 0.3) is 117 Å². The lowest BCUT2D eigenvalue weighted by molar-refractivity contribution is 0.856. The van der Waals surface area contributed by atoms with E-state index in [4.69, 9.17) is 15.0 Å². The van der Waals surface area contributed by atoms with Gasteiger partial charge in [-0.1, -0.05) is 218 Å². The Morgan fingerprint density at radius 1 is 0.338 bits per heavy atom. The van der Waals surface area contributed by atoms with E-state index in [-0.39, 0.29) is 5.92 Å². The smallest absolute Gasteiger partial charge is 0.164 e. The van der Waals surface area contributed by atoms with Gasteiger partial charge in [-0.3, -0.25) is 0 Å². The Kier molecular flexibility index (Phi) is 10.6. The third-order valence-electron chi connectivity index (χ3n) is 14.7. The second-order valence-corrected chi connectivity index (χ2v) is 19.1. The predicted octanol–water partition coefficient (Wildman–Crippen LogP) is 17.5. The molecular formula is C69H47N5. The number of aromatic nitrogens is 5. The molecule has 0 saturated heterocycles. The van der Waals surface area contributed by atoms with Gasteiger partial charge in [0.15, 0.2) is 17.5 Å². The van der Waals surface area contributed by atoms with Crippen molar-refractivity contribution in [1.82, 2.24) is 24.1 Å². The van der Waals surface area contributed by atoms with Crippen molar-refractivity contribution in [2.75, 3.05) is 0 Å². The topological polar surface area (TPSA) is 48.5 Å². The number of fused-ring (bicyclic) bond motifs is 6. The van der Waals surface area contributed by atoms with E-state index in [0.717, 1.165) is 73.3 Å². The van der Waals surface area contributed by atoms with Crippen LogP contribution in [0, 0.1) is 0 Å². The molecule has 0 amide bonds. The minimum absolute atomic E-state index is 0.259. The number of hydrogen-bond acceptors (Lipinski definition) is 3. The van der Waals surface area contributed by atoms with Crippen LogP contribution in [0.2, 0.25) is 0 Å². The molecular weight excluding hydrogens is 899 g/mol. The first-order valence-corrected chi connectivity index (χ1v) is 25.4. The third kappa shape index (κ3) is 7.53. The van der Waals surface area contributed by atoms with E-state index in [9.17, 15) is 0 Å². The van der Waals surface area contributed by atoms with Gasteiger partial charge in [-0.05, 0) is 82.8 Å². The van der Waals surface area contributed by atoms with Crippen LogP contribution in [0.15, 0.2) is 267 Å². The molecule has 3 heterocycles. The number of benzene rings is 10. The zero-order valence-electron chi connectivity index (χ0n) is 40.4. The Labute approximate surface area is 429 Å². The van der Waals surface area contributed by atoms with E-state index in [1.807, 2.05) is 36.4 Å². The van der Waals surface area contributed by atoms with E-state index in [0.29, 0.717) is 17.5 Å². The van der Waals surface area contributed by atoms with Crippen LogP contribution in [-0.2, 0) is 0 Å². The Bertz CT molecular complexity index is 4190. The highest BCUT2D eigenvalue weighted by atomic mass is 15.0. The number of rotatable bonds is 9. The van der Waals surface area contributed by atoms with Gasteiger partial charge in [0, 0.05) is 61.0 Å². The lowest BCUT2D eigenvalue weighted by Gasteiger charge is -2.24. The highest BCUT2D eigenvalue weighted by Crippen LogP contribution is 2.45. The molecule has 3 aromatic heterocycles. The molecule has 1 atom stereocenters. The van der Waals surface area contributed by atoms with Gasteiger partial charge >= 0.3 is 0 Å². The SMILES string of the molecule is C1=CC(c2ccccc2)CC=C1c1cc(-c2nc(-c3ccccc3)nc(-c3ccccc3)n2)cc(-c2ccc(-c3ccccc3)cc2)c1-n1c2ccccc2c2cc(-n3c4ccccc4c4ccccc43)ccc21. The van der Waals surface area contributed by atoms with E-state index in [1.165, 1.54) is 43.7 Å². The fourth-order valence-corrected chi connectivity index (χ4v) is 11.2. The van der Waals surface area contributed by atoms with Crippen molar-refractivity contribution >= 4 is 49.2 Å². The lowest BCUT2D eigenvalue weighted by atomic mass is 9.85. The maximum absolute atomic E-state index is 5.33. The molecule has 0 spiro atoms. The summed E-state index contributed by atoms with van der Waals surface area (Å²) >= 11 is 0. The van der Waals surface area contributed by atoms with Gasteiger partial charge in [-0.15, -0.1) is 0 Å². The fourth-order valence-electron chi connectivity index (χ4n) is 11.2. The van der Waals surface area contributed by atoms with E-state index >= 15 is 0 Å². The number of hydrogen-bond donors (Lipinski definition) is 0. The summed E-state index contributed by atoms with van der Waals surface area (Å²) in [4.78, 5) is 15.8. The van der Waals surface area contributed by atoms with Crippen LogP contribution in [0.1, 0.15) is 23.5 Å². The first-order chi connectivity index (χ1) is 36.7. The summed E-state index contributed by atoms with van der Waals surface area (Å²) in [5.74, 6) is 2.11. The molecule has 1 aliphatic rings. The standard InChI is InChI=1S/C69H47N5/c1-5-19-46(20-6-1)48-33-37-50(38-34-48)59-43-54(69-71-67(52-23-9-3-10-24-52)70-68(72-69)53-25-11-4-12-26-53)44-60(51-39-35-49(36-40-51)47-21-7-2-8-22-47)66(59)74-64-32-18-15-29-58(64)61-45-55(41-42-65(61)74)73-62-30-16-13-27-56(62)57-28-14-17-31-63(57)73/h1-35,37-45,49H,36H2. The maximum Gasteiger partial charge on any atom is 0.164 e. The quantitative estimate of drug-likeness (QED) is 0.145. The fraction of sp³-hybridized carbons (Fsp3) is 0.0290. The van der Waals surface area contributed by atoms with Crippen LogP contribution in [0.5, 0.6) is 0 Å². The molecule has 0 N–H and O–H groups in total. The first-order valence-electron chi connectivity index (χ1n) is 25.4. The molecule has 13 aromatic rings. The summed E-state index contributed by atoms with van der Waals surface area (Å²) in [6.07, 6.45) is 7.99. The molecule has 348 valence electrons. The summed E-state index contributed by atoms with van der Waals surface area (Å²) in [5.41, 5.74) is 17.6. The van der Waals surface area contributed by atoms with Gasteiger partial charge in [-0.25, -0.2) is 15.0 Å². The van der Waals surface area contributed by atoms with Gasteiger partial charge in [-0.2, -0.15) is 0 Å². The zero-order chi connectivity index (χ0) is 49.0. The summed E-state index contributed by atoms with van der Waals surface area (Å²) in [6.45, 7) is 0. The van der Waals surface area contributed by atoms with Gasteiger partial charge < -0.3 is 9.13 Å². The van der Waals surface area contributed by atoms with Crippen LogP contribution < -0.4 is 0 Å². The van der Waals surface area contributed by atoms with Crippen molar-refractivity contribution in [3.8, 4) is 67.8 Å². The summed E-state index contributed by atoms with van der Waals surface area (Å²) in [6, 6.07) is 89.0. The monoisotopic (exact) mass is 945 g/mol. The van der Waals surface area contributed by atoms with E-state index < -0.39 is 0 Å². The Hall–Kier alpha value is -9.71. The van der Waals surface area contributed by atoms with Crippen LogP contribution in [0.3, 0.4) is 0 Å². The van der Waals surface area contributed by atoms with Crippen LogP contribution >= 0.6 is 0 Å². The Morgan fingerprint density at radius 3 is 1.35 bits per heavy atom. The molecule has 0 bridgehead atoms. The molecule has 5 nitrogen and oxygen atoms in total. The Balaban J connectivity index is 1.06. The van der Waals surface area contributed by atoms with Gasteiger partial charge in [0.2, 0.25) is 0 Å².